The highest BCUT2D eigenvalue weighted by atomic mass is 31.2. The maximum Gasteiger partial charge on any atom is 0.524 e. The Labute approximate surface area is 416 Å². The first kappa shape index (κ1) is 61.8. The van der Waals surface area contributed by atoms with Crippen molar-refractivity contribution in [2.45, 2.75) is 119 Å². The molecule has 1 aromatic rings. The van der Waals surface area contributed by atoms with Crippen LogP contribution in [0.3, 0.4) is 0 Å². The van der Waals surface area contributed by atoms with E-state index in [0.29, 0.717) is 19.4 Å². The molecule has 0 unspecified atom stereocenters. The number of amides is 9. The van der Waals surface area contributed by atoms with Gasteiger partial charge in [0.2, 0.25) is 53.2 Å². The number of phosphoric acid groups is 1. The molecule has 2 rings (SSSR count). The van der Waals surface area contributed by atoms with Gasteiger partial charge in [0.1, 0.15) is 48.0 Å². The highest BCUT2D eigenvalue weighted by Gasteiger charge is 2.37. The molecule has 19 N–H and O–H groups in total. The van der Waals surface area contributed by atoms with Crippen LogP contribution in [0.1, 0.15) is 69.8 Å². The largest absolute Gasteiger partial charge is 0.524 e. The molecule has 1 aliphatic heterocycles. The Kier molecular flexibility index (Phi) is 24.5. The fourth-order valence-corrected chi connectivity index (χ4v) is 7.13. The number of aliphatic carboxylic acids is 5. The Bertz CT molecular complexity index is 2360. The third kappa shape index (κ3) is 23.3. The number of hydrogen-bond acceptors (Lipinski definition) is 17. The number of nitrogens with one attached hydrogen (secondary N) is 8. The first-order valence-corrected chi connectivity index (χ1v) is 23.3. The van der Waals surface area contributed by atoms with E-state index in [-0.39, 0.29) is 5.56 Å². The number of phosphoric ester groups is 1. The topological polar surface area (TPSA) is 555 Å². The van der Waals surface area contributed by atoms with E-state index < -0.39 is 203 Å². The number of primary amides is 2. The number of rotatable bonds is 33. The molecule has 9 amide bonds. The van der Waals surface area contributed by atoms with Gasteiger partial charge in [-0.3, -0.25) is 76.9 Å². The van der Waals surface area contributed by atoms with Gasteiger partial charge in [-0.15, -0.1) is 0 Å². The zero-order chi connectivity index (χ0) is 56.0. The van der Waals surface area contributed by atoms with Crippen LogP contribution in [0.4, 0.5) is 0 Å². The smallest absolute Gasteiger partial charge is 0.481 e. The standard InChI is InChI=1S/C40H55N10O23P/c41-27(51)13-22(33(42)62)46-35(64)20(7-9-28(52)53)45-38(67)24(14-30(56)57)49-36(65)21(8-10-29(54)55)44-37(66)23(12-17-3-5-18(6-4-17)73-74(70,71)72)47-39(68)26(16-32(60)61)50-40(69)25(15-31(58)59)48-34(63)19-2-1-11-43-19/h3-6,19-26,43H,1-2,7-16H2,(H2,41,51)(H2,42,62)(H,44,66)(H,45,67)(H,46,64)(H,47,68)(H,48,63)(H,49,65)(H,50,69)(H,52,53)(H,54,55)(H,56,57)(H,58,59)(H,60,61)(H2,70,71,72)/t19-,20-,21-,22-,23-,24-,25-,26-/m0/s1. The van der Waals surface area contributed by atoms with Gasteiger partial charge in [0.25, 0.3) is 0 Å². The Morgan fingerprint density at radius 3 is 1.28 bits per heavy atom. The van der Waals surface area contributed by atoms with Gasteiger partial charge in [-0.05, 0) is 49.9 Å². The van der Waals surface area contributed by atoms with E-state index in [1.165, 1.54) is 0 Å². The van der Waals surface area contributed by atoms with E-state index in [1.807, 2.05) is 21.3 Å². The molecule has 0 aliphatic carbocycles. The zero-order valence-electron chi connectivity index (χ0n) is 38.7. The van der Waals surface area contributed by atoms with Crippen LogP contribution in [0.15, 0.2) is 24.3 Å². The Morgan fingerprint density at radius 2 is 0.919 bits per heavy atom. The molecule has 408 valence electrons. The number of carbonyl (C=O) groups excluding carboxylic acids is 9. The molecule has 34 heteroatoms. The summed E-state index contributed by atoms with van der Waals surface area (Å²) in [6.45, 7) is 0.423. The monoisotopic (exact) mass is 1070 g/mol. The van der Waals surface area contributed by atoms with Crippen molar-refractivity contribution in [3.05, 3.63) is 29.8 Å². The van der Waals surface area contributed by atoms with Gasteiger partial charge in [0.15, 0.2) is 0 Å². The number of hydrogen-bond donors (Lipinski definition) is 17. The van der Waals surface area contributed by atoms with Gasteiger partial charge in [-0.25, -0.2) is 4.57 Å². The van der Waals surface area contributed by atoms with Crippen LogP contribution in [0.2, 0.25) is 0 Å². The van der Waals surface area contributed by atoms with Crippen molar-refractivity contribution in [2.75, 3.05) is 6.54 Å². The average Bonchev–Trinajstić information content (AvgIpc) is 3.83. The van der Waals surface area contributed by atoms with Crippen LogP contribution in [-0.4, -0.2) is 173 Å². The molecule has 8 atom stereocenters. The predicted molar refractivity (Wildman–Crippen MR) is 241 cm³/mol. The second-order valence-corrected chi connectivity index (χ2v) is 17.4. The van der Waals surface area contributed by atoms with Gasteiger partial charge >= 0.3 is 37.7 Å². The zero-order valence-corrected chi connectivity index (χ0v) is 39.6. The number of carbonyl (C=O) groups is 14. The lowest BCUT2D eigenvalue weighted by Crippen LogP contribution is -2.61. The molecule has 1 aliphatic rings. The second-order valence-electron chi connectivity index (χ2n) is 16.2. The minimum atomic E-state index is -5.09. The van der Waals surface area contributed by atoms with Gasteiger partial charge < -0.3 is 84.1 Å². The summed E-state index contributed by atoms with van der Waals surface area (Å²) in [5, 5.41) is 64.8. The minimum Gasteiger partial charge on any atom is -0.481 e. The Hall–Kier alpha value is -8.29. The molecule has 0 radical (unpaired) electrons. The van der Waals surface area contributed by atoms with Gasteiger partial charge in [0, 0.05) is 19.3 Å². The summed E-state index contributed by atoms with van der Waals surface area (Å²) in [5.41, 5.74) is 10.3. The van der Waals surface area contributed by atoms with Crippen molar-refractivity contribution >= 4 is 90.8 Å². The van der Waals surface area contributed by atoms with Crippen LogP contribution in [-0.2, 0) is 78.1 Å². The highest BCUT2D eigenvalue weighted by Crippen LogP contribution is 2.37. The average molecular weight is 1070 g/mol. The van der Waals surface area contributed by atoms with Crippen molar-refractivity contribution in [1.82, 2.24) is 42.5 Å². The quantitative estimate of drug-likeness (QED) is 0.0291. The highest BCUT2D eigenvalue weighted by molar-refractivity contribution is 7.46. The third-order valence-corrected chi connectivity index (χ3v) is 10.7. The molecule has 0 aromatic heterocycles. The summed E-state index contributed by atoms with van der Waals surface area (Å²) < 4.78 is 15.9. The van der Waals surface area contributed by atoms with E-state index >= 15 is 0 Å². The number of carboxylic acids is 5. The molecule has 1 heterocycles. The first-order chi connectivity index (χ1) is 34.4. The molecule has 1 saturated heterocycles. The molecule has 74 heavy (non-hydrogen) atoms. The normalized spacial score (nSPS) is 15.8. The fourth-order valence-electron chi connectivity index (χ4n) is 6.73. The summed E-state index contributed by atoms with van der Waals surface area (Å²) in [4.78, 5) is 195. The van der Waals surface area contributed by atoms with Gasteiger partial charge in [0.05, 0.1) is 31.7 Å². The van der Waals surface area contributed by atoms with Crippen molar-refractivity contribution in [1.29, 1.82) is 0 Å². The van der Waals surface area contributed by atoms with Crippen molar-refractivity contribution in [2.24, 2.45) is 11.5 Å². The van der Waals surface area contributed by atoms with Crippen molar-refractivity contribution in [3.8, 4) is 5.75 Å². The fraction of sp³-hybridized carbons (Fsp3) is 0.500. The summed E-state index contributed by atoms with van der Waals surface area (Å²) in [6.07, 6.45) is -7.63. The van der Waals surface area contributed by atoms with Gasteiger partial charge in [-0.1, -0.05) is 12.1 Å². The number of carboxylic acid groups (broad SMARTS) is 5. The Balaban J connectivity index is 2.57. The molecule has 0 bridgehead atoms. The maximum absolute atomic E-state index is 14.2. The molecule has 0 spiro atoms. The number of nitrogens with two attached hydrogens (primary N) is 2. The van der Waals surface area contributed by atoms with Crippen molar-refractivity contribution in [3.63, 3.8) is 0 Å². The lowest BCUT2D eigenvalue weighted by molar-refractivity contribution is -0.143. The molecule has 33 nitrogen and oxygen atoms in total. The minimum absolute atomic E-state index is 0.0232. The van der Waals surface area contributed by atoms with Crippen LogP contribution < -0.4 is 58.5 Å². The lowest BCUT2D eigenvalue weighted by Gasteiger charge is -2.27. The molecular weight excluding hydrogens is 1020 g/mol. The summed E-state index contributed by atoms with van der Waals surface area (Å²) in [6, 6.07) is -10.6. The predicted octanol–water partition coefficient (Wildman–Crippen LogP) is -6.64. The molecule has 1 aromatic carbocycles. The van der Waals surface area contributed by atoms with Crippen LogP contribution >= 0.6 is 7.82 Å². The molecular formula is C40H55N10O23P. The molecule has 1 fully saturated rings. The van der Waals surface area contributed by atoms with Crippen LogP contribution in [0, 0.1) is 0 Å². The summed E-state index contributed by atoms with van der Waals surface area (Å²) >= 11 is 0. The first-order valence-electron chi connectivity index (χ1n) is 21.8. The third-order valence-electron chi connectivity index (χ3n) is 10.3. The lowest BCUT2D eigenvalue weighted by atomic mass is 10.0. The second kappa shape index (κ2) is 29.3. The number of benzene rings is 1. The van der Waals surface area contributed by atoms with E-state index in [9.17, 15) is 107 Å². The summed E-state index contributed by atoms with van der Waals surface area (Å²) in [7, 11) is -5.09. The Morgan fingerprint density at radius 1 is 0.541 bits per heavy atom. The van der Waals surface area contributed by atoms with E-state index in [1.54, 1.807) is 0 Å². The van der Waals surface area contributed by atoms with Crippen LogP contribution in [0.25, 0.3) is 0 Å². The van der Waals surface area contributed by atoms with E-state index in [0.717, 1.165) is 24.3 Å². The van der Waals surface area contributed by atoms with Gasteiger partial charge in [-0.2, -0.15) is 0 Å². The maximum atomic E-state index is 14.2. The van der Waals surface area contributed by atoms with E-state index in [4.69, 9.17) is 11.5 Å². The van der Waals surface area contributed by atoms with Crippen molar-refractivity contribution < 1.29 is 112 Å². The van der Waals surface area contributed by atoms with Crippen LogP contribution in [0.5, 0.6) is 5.75 Å². The molecule has 0 saturated carbocycles. The van der Waals surface area contributed by atoms with E-state index in [2.05, 4.69) is 25.8 Å². The summed E-state index contributed by atoms with van der Waals surface area (Å²) in [5.74, 6) is -20.4. The SMILES string of the molecule is NC(=O)C[C@H](NC(=O)[C@H](CCC(=O)O)NC(=O)[C@H](CC(=O)O)NC(=O)[C@H](CCC(=O)O)NC(=O)[C@H](Cc1ccc(OP(=O)(O)O)cc1)NC(=O)[C@H](CC(=O)O)NC(=O)[C@H](CC(=O)O)NC(=O)[C@@H]1CCCN1)C(N)=O.